The summed E-state index contributed by atoms with van der Waals surface area (Å²) >= 11 is 0. The SMILES string of the molecule is Cc1nc2cc(F)ccc2n1Cc1ccc(S(=O)(=O)N[C@@H](CC(C)C)C(=O)O)cc1. The molecule has 9 heteroatoms. The van der Waals surface area contributed by atoms with Crippen molar-refractivity contribution in [1.29, 1.82) is 0 Å². The van der Waals surface area contributed by atoms with Crippen LogP contribution < -0.4 is 4.72 Å². The molecule has 2 N–H and O–H groups in total. The smallest absolute Gasteiger partial charge is 0.321 e. The fourth-order valence-electron chi connectivity index (χ4n) is 3.31. The molecule has 0 fully saturated rings. The van der Waals surface area contributed by atoms with Crippen LogP contribution >= 0.6 is 0 Å². The summed E-state index contributed by atoms with van der Waals surface area (Å²) in [6.07, 6.45) is 0.195. The van der Waals surface area contributed by atoms with Crippen LogP contribution in [0.1, 0.15) is 31.7 Å². The molecule has 30 heavy (non-hydrogen) atoms. The van der Waals surface area contributed by atoms with E-state index in [0.29, 0.717) is 17.9 Å². The highest BCUT2D eigenvalue weighted by molar-refractivity contribution is 7.89. The van der Waals surface area contributed by atoms with E-state index < -0.39 is 22.0 Å². The Balaban J connectivity index is 1.81. The second kappa shape index (κ2) is 8.53. The second-order valence-corrected chi connectivity index (χ2v) is 9.38. The Morgan fingerprint density at radius 1 is 1.20 bits per heavy atom. The van der Waals surface area contributed by atoms with Crippen molar-refractivity contribution in [2.45, 2.75) is 44.7 Å². The summed E-state index contributed by atoms with van der Waals surface area (Å²) in [5.74, 6) is -0.820. The highest BCUT2D eigenvalue weighted by Gasteiger charge is 2.26. The number of aromatic nitrogens is 2. The molecule has 3 rings (SSSR count). The van der Waals surface area contributed by atoms with E-state index in [0.717, 1.165) is 11.1 Å². The van der Waals surface area contributed by atoms with E-state index in [1.165, 1.54) is 24.3 Å². The first-order valence-electron chi connectivity index (χ1n) is 9.53. The molecule has 160 valence electrons. The van der Waals surface area contributed by atoms with Gasteiger partial charge >= 0.3 is 5.97 Å². The Kier molecular flexibility index (Phi) is 6.23. The van der Waals surface area contributed by atoms with Gasteiger partial charge in [-0.15, -0.1) is 0 Å². The number of imidazole rings is 1. The minimum Gasteiger partial charge on any atom is -0.480 e. The second-order valence-electron chi connectivity index (χ2n) is 7.66. The molecular formula is C21H24FN3O4S. The van der Waals surface area contributed by atoms with Gasteiger partial charge in [0.15, 0.2) is 0 Å². The monoisotopic (exact) mass is 433 g/mol. The number of hydrogen-bond acceptors (Lipinski definition) is 4. The number of nitrogens with zero attached hydrogens (tertiary/aromatic N) is 2. The van der Waals surface area contributed by atoms with Gasteiger partial charge in [0.05, 0.1) is 15.9 Å². The lowest BCUT2D eigenvalue weighted by molar-refractivity contribution is -0.139. The average Bonchev–Trinajstić information content (AvgIpc) is 2.95. The van der Waals surface area contributed by atoms with Gasteiger partial charge in [0.1, 0.15) is 17.7 Å². The first-order valence-corrected chi connectivity index (χ1v) is 11.0. The van der Waals surface area contributed by atoms with Crippen molar-refractivity contribution in [3.63, 3.8) is 0 Å². The molecule has 7 nitrogen and oxygen atoms in total. The van der Waals surface area contributed by atoms with Crippen molar-refractivity contribution >= 4 is 27.0 Å². The number of carbonyl (C=O) groups is 1. The Morgan fingerprint density at radius 2 is 1.87 bits per heavy atom. The number of aliphatic carboxylic acids is 1. The van der Waals surface area contributed by atoms with Crippen LogP contribution in [-0.4, -0.2) is 35.1 Å². The highest BCUT2D eigenvalue weighted by Crippen LogP contribution is 2.20. The number of aryl methyl sites for hydroxylation is 1. The quantitative estimate of drug-likeness (QED) is 0.568. The highest BCUT2D eigenvalue weighted by atomic mass is 32.2. The van der Waals surface area contributed by atoms with Crippen molar-refractivity contribution in [2.24, 2.45) is 5.92 Å². The van der Waals surface area contributed by atoms with Crippen molar-refractivity contribution in [3.05, 3.63) is 59.7 Å². The molecule has 0 saturated carbocycles. The van der Waals surface area contributed by atoms with Gasteiger partial charge in [0.2, 0.25) is 10.0 Å². The minimum atomic E-state index is -3.97. The lowest BCUT2D eigenvalue weighted by Gasteiger charge is -2.17. The summed E-state index contributed by atoms with van der Waals surface area (Å²) in [7, 11) is -3.97. The standard InChI is InChI=1S/C21H24FN3O4S/c1-13(2)10-19(21(26)27)24-30(28,29)17-7-4-15(5-8-17)12-25-14(3)23-18-11-16(22)6-9-20(18)25/h4-9,11,13,19,24H,10,12H2,1-3H3,(H,26,27)/t19-/m0/s1. The third-order valence-corrected chi connectivity index (χ3v) is 6.27. The van der Waals surface area contributed by atoms with Gasteiger partial charge in [-0.05, 0) is 49.1 Å². The van der Waals surface area contributed by atoms with Crippen molar-refractivity contribution in [2.75, 3.05) is 0 Å². The van der Waals surface area contributed by atoms with Gasteiger partial charge < -0.3 is 9.67 Å². The Hall–Kier alpha value is -2.78. The molecule has 1 atom stereocenters. The van der Waals surface area contributed by atoms with E-state index in [9.17, 15) is 22.7 Å². The third kappa shape index (κ3) is 4.85. The number of hydrogen-bond donors (Lipinski definition) is 2. The van der Waals surface area contributed by atoms with Crippen LogP contribution in [0.25, 0.3) is 11.0 Å². The number of halogens is 1. The van der Waals surface area contributed by atoms with E-state index in [1.54, 1.807) is 18.2 Å². The number of carboxylic acid groups (broad SMARTS) is 1. The molecular weight excluding hydrogens is 409 g/mol. The fraction of sp³-hybridized carbons (Fsp3) is 0.333. The van der Waals surface area contributed by atoms with Crippen molar-refractivity contribution in [3.8, 4) is 0 Å². The Labute approximate surface area is 174 Å². The molecule has 0 aliphatic heterocycles. The number of benzene rings is 2. The van der Waals surface area contributed by atoms with Gasteiger partial charge in [-0.1, -0.05) is 26.0 Å². The predicted molar refractivity (Wildman–Crippen MR) is 111 cm³/mol. The molecule has 0 radical (unpaired) electrons. The van der Waals surface area contributed by atoms with Crippen LogP contribution in [0.3, 0.4) is 0 Å². The molecule has 0 saturated heterocycles. The molecule has 3 aromatic rings. The molecule has 1 aromatic heterocycles. The topological polar surface area (TPSA) is 101 Å². The zero-order valence-corrected chi connectivity index (χ0v) is 17.8. The first kappa shape index (κ1) is 21.9. The Morgan fingerprint density at radius 3 is 2.47 bits per heavy atom. The maximum Gasteiger partial charge on any atom is 0.321 e. The number of rotatable bonds is 8. The van der Waals surface area contributed by atoms with Crippen molar-refractivity contribution < 1.29 is 22.7 Å². The predicted octanol–water partition coefficient (Wildman–Crippen LogP) is 3.31. The average molecular weight is 434 g/mol. The number of nitrogens with one attached hydrogen (secondary N) is 1. The van der Waals surface area contributed by atoms with E-state index in [2.05, 4.69) is 9.71 Å². The summed E-state index contributed by atoms with van der Waals surface area (Å²) in [5, 5.41) is 9.29. The maximum atomic E-state index is 13.4. The van der Waals surface area contributed by atoms with E-state index in [4.69, 9.17) is 0 Å². The zero-order valence-electron chi connectivity index (χ0n) is 17.0. The lowest BCUT2D eigenvalue weighted by atomic mass is 10.1. The molecule has 0 bridgehead atoms. The van der Waals surface area contributed by atoms with E-state index in [1.807, 2.05) is 25.3 Å². The summed E-state index contributed by atoms with van der Waals surface area (Å²) in [6, 6.07) is 9.44. The van der Waals surface area contributed by atoms with Crippen LogP contribution in [0, 0.1) is 18.7 Å². The number of fused-ring (bicyclic) bond motifs is 1. The van der Waals surface area contributed by atoms with Crippen LogP contribution in [0.2, 0.25) is 0 Å². The summed E-state index contributed by atoms with van der Waals surface area (Å²) in [4.78, 5) is 15.7. The minimum absolute atomic E-state index is 0.00413. The third-order valence-electron chi connectivity index (χ3n) is 4.78. The molecule has 0 spiro atoms. The molecule has 0 unspecified atom stereocenters. The largest absolute Gasteiger partial charge is 0.480 e. The van der Waals surface area contributed by atoms with Gasteiger partial charge in [-0.3, -0.25) is 4.79 Å². The number of carboxylic acids is 1. The fourth-order valence-corrected chi connectivity index (χ4v) is 4.51. The molecule has 0 aliphatic carbocycles. The normalized spacial score (nSPS) is 13.1. The Bertz CT molecular complexity index is 1170. The molecule has 2 aromatic carbocycles. The van der Waals surface area contributed by atoms with Gasteiger partial charge in [0.25, 0.3) is 0 Å². The molecule has 1 heterocycles. The van der Waals surface area contributed by atoms with Crippen LogP contribution in [0.5, 0.6) is 0 Å². The summed E-state index contributed by atoms with van der Waals surface area (Å²) < 4.78 is 42.8. The van der Waals surface area contributed by atoms with Gasteiger partial charge in [-0.25, -0.2) is 17.8 Å². The number of sulfonamides is 1. The van der Waals surface area contributed by atoms with Gasteiger partial charge in [-0.2, -0.15) is 4.72 Å². The van der Waals surface area contributed by atoms with E-state index in [-0.39, 0.29) is 23.1 Å². The maximum absolute atomic E-state index is 13.4. The first-order chi connectivity index (χ1) is 14.1. The molecule has 0 amide bonds. The van der Waals surface area contributed by atoms with Gasteiger partial charge in [0, 0.05) is 12.6 Å². The lowest BCUT2D eigenvalue weighted by Crippen LogP contribution is -2.41. The van der Waals surface area contributed by atoms with Crippen LogP contribution in [0.15, 0.2) is 47.4 Å². The van der Waals surface area contributed by atoms with Crippen LogP contribution in [0.4, 0.5) is 4.39 Å². The summed E-state index contributed by atoms with van der Waals surface area (Å²) in [5.41, 5.74) is 2.17. The molecule has 0 aliphatic rings. The van der Waals surface area contributed by atoms with Crippen LogP contribution in [-0.2, 0) is 21.4 Å². The summed E-state index contributed by atoms with van der Waals surface area (Å²) in [6.45, 7) is 5.92. The zero-order chi connectivity index (χ0) is 22.1. The van der Waals surface area contributed by atoms with Crippen molar-refractivity contribution in [1.82, 2.24) is 14.3 Å². The van der Waals surface area contributed by atoms with E-state index >= 15 is 0 Å².